The molecule has 1 aromatic heterocycles. The van der Waals surface area contributed by atoms with Crippen LogP contribution in [0.4, 0.5) is 11.7 Å². The number of oxazole rings is 1. The monoisotopic (exact) mass is 259 g/mol. The molecule has 0 bridgehead atoms. The Bertz CT molecular complexity index is 636. The van der Waals surface area contributed by atoms with Crippen molar-refractivity contribution in [3.63, 3.8) is 0 Å². The zero-order chi connectivity index (χ0) is 13.4. The molecule has 1 aliphatic heterocycles. The molecule has 3 rings (SSSR count). The molecule has 1 amide bonds. The second kappa shape index (κ2) is 4.31. The van der Waals surface area contributed by atoms with E-state index in [1.807, 2.05) is 12.1 Å². The van der Waals surface area contributed by atoms with Gasteiger partial charge in [-0.25, -0.2) is 4.98 Å². The van der Waals surface area contributed by atoms with E-state index in [9.17, 15) is 4.79 Å². The van der Waals surface area contributed by atoms with Gasteiger partial charge in [0.15, 0.2) is 11.9 Å². The van der Waals surface area contributed by atoms with Gasteiger partial charge in [-0.2, -0.15) is 0 Å². The molecule has 0 saturated carbocycles. The van der Waals surface area contributed by atoms with Gasteiger partial charge < -0.3 is 19.8 Å². The van der Waals surface area contributed by atoms with E-state index in [0.29, 0.717) is 23.2 Å². The van der Waals surface area contributed by atoms with Gasteiger partial charge in [0.05, 0.1) is 11.9 Å². The molecule has 98 valence electrons. The third-order valence-corrected chi connectivity index (χ3v) is 2.91. The van der Waals surface area contributed by atoms with Crippen molar-refractivity contribution in [3.05, 3.63) is 24.4 Å². The third kappa shape index (κ3) is 2.01. The van der Waals surface area contributed by atoms with Crippen LogP contribution in [0.1, 0.15) is 6.92 Å². The van der Waals surface area contributed by atoms with Crippen molar-refractivity contribution in [1.29, 1.82) is 0 Å². The maximum absolute atomic E-state index is 11.6. The van der Waals surface area contributed by atoms with Gasteiger partial charge in [0.1, 0.15) is 5.75 Å². The van der Waals surface area contributed by atoms with Crippen LogP contribution >= 0.6 is 0 Å². The van der Waals surface area contributed by atoms with Gasteiger partial charge in [0.25, 0.3) is 11.9 Å². The number of fused-ring (bicyclic) bond motifs is 1. The van der Waals surface area contributed by atoms with Crippen LogP contribution in [0.5, 0.6) is 5.75 Å². The zero-order valence-corrected chi connectivity index (χ0v) is 10.6. The Morgan fingerprint density at radius 3 is 3.00 bits per heavy atom. The lowest BCUT2D eigenvalue weighted by Gasteiger charge is -2.23. The van der Waals surface area contributed by atoms with Gasteiger partial charge in [-0.1, -0.05) is 0 Å². The number of anilines is 2. The highest BCUT2D eigenvalue weighted by Crippen LogP contribution is 2.34. The van der Waals surface area contributed by atoms with E-state index >= 15 is 0 Å². The van der Waals surface area contributed by atoms with E-state index in [1.54, 1.807) is 26.2 Å². The van der Waals surface area contributed by atoms with Crippen LogP contribution in [-0.4, -0.2) is 24.0 Å². The molecular weight excluding hydrogens is 246 g/mol. The van der Waals surface area contributed by atoms with Gasteiger partial charge >= 0.3 is 0 Å². The average molecular weight is 259 g/mol. The van der Waals surface area contributed by atoms with Crippen molar-refractivity contribution in [2.75, 3.05) is 17.7 Å². The standard InChI is InChI=1S/C13H13N3O3/c1-7-12(17)16-9-5-8(3-4-10(9)18-7)11-6-15-13(14-2)19-11/h3-7H,1-2H3,(H,14,15)(H,16,17). The molecule has 2 aromatic rings. The van der Waals surface area contributed by atoms with E-state index in [1.165, 1.54) is 0 Å². The Hall–Kier alpha value is -2.50. The van der Waals surface area contributed by atoms with E-state index in [2.05, 4.69) is 15.6 Å². The molecule has 0 spiro atoms. The SMILES string of the molecule is CNc1ncc(-c2ccc3c(c2)NC(=O)C(C)O3)o1. The quantitative estimate of drug-likeness (QED) is 0.863. The summed E-state index contributed by atoms with van der Waals surface area (Å²) >= 11 is 0. The Morgan fingerprint density at radius 1 is 1.42 bits per heavy atom. The second-order valence-electron chi connectivity index (χ2n) is 4.24. The number of hydrogen-bond donors (Lipinski definition) is 2. The highest BCUT2D eigenvalue weighted by molar-refractivity contribution is 5.98. The molecule has 1 unspecified atom stereocenters. The summed E-state index contributed by atoms with van der Waals surface area (Å²) in [6.45, 7) is 1.71. The lowest BCUT2D eigenvalue weighted by Crippen LogP contribution is -2.34. The Morgan fingerprint density at radius 2 is 2.26 bits per heavy atom. The van der Waals surface area contributed by atoms with Crippen LogP contribution in [0, 0.1) is 0 Å². The van der Waals surface area contributed by atoms with Gasteiger partial charge in [-0.15, -0.1) is 0 Å². The fraction of sp³-hybridized carbons (Fsp3) is 0.231. The fourth-order valence-corrected chi connectivity index (χ4v) is 1.89. The number of carbonyl (C=O) groups excluding carboxylic acids is 1. The second-order valence-corrected chi connectivity index (χ2v) is 4.24. The molecular formula is C13H13N3O3. The van der Waals surface area contributed by atoms with E-state index in [4.69, 9.17) is 9.15 Å². The average Bonchev–Trinajstić information content (AvgIpc) is 2.88. The fourth-order valence-electron chi connectivity index (χ4n) is 1.89. The largest absolute Gasteiger partial charge is 0.479 e. The molecule has 1 aromatic carbocycles. The normalized spacial score (nSPS) is 17.4. The number of carbonyl (C=O) groups is 1. The molecule has 6 nitrogen and oxygen atoms in total. The number of nitrogens with one attached hydrogen (secondary N) is 2. The van der Waals surface area contributed by atoms with Gasteiger partial charge in [0.2, 0.25) is 0 Å². The minimum Gasteiger partial charge on any atom is -0.479 e. The van der Waals surface area contributed by atoms with Crippen LogP contribution in [0.15, 0.2) is 28.8 Å². The van der Waals surface area contributed by atoms with Gasteiger partial charge in [0, 0.05) is 12.6 Å². The molecule has 6 heteroatoms. The first-order chi connectivity index (χ1) is 9.17. The number of hydrogen-bond acceptors (Lipinski definition) is 5. The van der Waals surface area contributed by atoms with Crippen molar-refractivity contribution >= 4 is 17.6 Å². The summed E-state index contributed by atoms with van der Waals surface area (Å²) in [5, 5.41) is 5.62. The highest BCUT2D eigenvalue weighted by atomic mass is 16.5. The van der Waals surface area contributed by atoms with E-state index in [-0.39, 0.29) is 5.91 Å². The third-order valence-electron chi connectivity index (χ3n) is 2.91. The summed E-state index contributed by atoms with van der Waals surface area (Å²) in [6.07, 6.45) is 1.15. The lowest BCUT2D eigenvalue weighted by molar-refractivity contribution is -0.122. The number of ether oxygens (including phenoxy) is 1. The minimum absolute atomic E-state index is 0.155. The number of benzene rings is 1. The van der Waals surface area contributed by atoms with Crippen LogP contribution in [-0.2, 0) is 4.79 Å². The predicted molar refractivity (Wildman–Crippen MR) is 70.2 cm³/mol. The van der Waals surface area contributed by atoms with Crippen molar-refractivity contribution < 1.29 is 13.9 Å². The summed E-state index contributed by atoms with van der Waals surface area (Å²) in [4.78, 5) is 15.6. The number of rotatable bonds is 2. The van der Waals surface area contributed by atoms with Crippen molar-refractivity contribution in [2.45, 2.75) is 13.0 Å². The molecule has 2 N–H and O–H groups in total. The minimum atomic E-state index is -0.473. The molecule has 19 heavy (non-hydrogen) atoms. The molecule has 1 atom stereocenters. The number of amides is 1. The van der Waals surface area contributed by atoms with Crippen LogP contribution < -0.4 is 15.4 Å². The molecule has 2 heterocycles. The zero-order valence-electron chi connectivity index (χ0n) is 10.6. The highest BCUT2D eigenvalue weighted by Gasteiger charge is 2.23. The van der Waals surface area contributed by atoms with Gasteiger partial charge in [-0.05, 0) is 25.1 Å². The van der Waals surface area contributed by atoms with Crippen LogP contribution in [0.25, 0.3) is 11.3 Å². The van der Waals surface area contributed by atoms with Crippen molar-refractivity contribution in [3.8, 4) is 17.1 Å². The summed E-state index contributed by atoms with van der Waals surface area (Å²) in [6, 6.07) is 5.92. The lowest BCUT2D eigenvalue weighted by atomic mass is 10.1. The summed E-state index contributed by atoms with van der Waals surface area (Å²) in [7, 11) is 1.73. The van der Waals surface area contributed by atoms with Crippen molar-refractivity contribution in [2.24, 2.45) is 0 Å². The predicted octanol–water partition coefficient (Wildman–Crippen LogP) is 2.10. The number of nitrogens with zero attached hydrogens (tertiary/aromatic N) is 1. The van der Waals surface area contributed by atoms with Crippen molar-refractivity contribution in [1.82, 2.24) is 4.98 Å². The van der Waals surface area contributed by atoms with E-state index < -0.39 is 6.10 Å². The first kappa shape index (κ1) is 11.6. The number of aromatic nitrogens is 1. The topological polar surface area (TPSA) is 76.4 Å². The molecule has 0 fully saturated rings. The Balaban J connectivity index is 1.97. The summed E-state index contributed by atoms with van der Waals surface area (Å²) < 4.78 is 11.0. The Labute approximate surface area is 109 Å². The summed E-state index contributed by atoms with van der Waals surface area (Å²) in [5.41, 5.74) is 1.47. The first-order valence-electron chi connectivity index (χ1n) is 5.93. The first-order valence-corrected chi connectivity index (χ1v) is 5.93. The molecule has 1 aliphatic rings. The molecule has 0 saturated heterocycles. The molecule has 0 radical (unpaired) electrons. The maximum Gasteiger partial charge on any atom is 0.294 e. The smallest absolute Gasteiger partial charge is 0.294 e. The summed E-state index contributed by atoms with van der Waals surface area (Å²) in [5.74, 6) is 1.13. The van der Waals surface area contributed by atoms with E-state index in [0.717, 1.165) is 5.56 Å². The Kier molecular flexibility index (Phi) is 2.63. The maximum atomic E-state index is 11.6. The van der Waals surface area contributed by atoms with Crippen LogP contribution in [0.3, 0.4) is 0 Å². The van der Waals surface area contributed by atoms with Gasteiger partial charge in [-0.3, -0.25) is 4.79 Å². The van der Waals surface area contributed by atoms with Crippen LogP contribution in [0.2, 0.25) is 0 Å². The molecule has 0 aliphatic carbocycles.